The van der Waals surface area contributed by atoms with Crippen molar-refractivity contribution >= 4 is 5.91 Å². The van der Waals surface area contributed by atoms with Gasteiger partial charge in [-0.3, -0.25) is 4.79 Å². The first kappa shape index (κ1) is 16.7. The Hall–Kier alpha value is -2.71. The number of hydrogen-bond acceptors (Lipinski definition) is 5. The van der Waals surface area contributed by atoms with Crippen LogP contribution in [-0.4, -0.2) is 33.6 Å². The van der Waals surface area contributed by atoms with Gasteiger partial charge in [0.25, 0.3) is 5.91 Å². The third kappa shape index (κ3) is 4.63. The Bertz CT molecular complexity index is 689. The fourth-order valence-electron chi connectivity index (χ4n) is 1.76. The molecular weight excluding hydrogens is 313 g/mol. The number of hydrogen-bond donors (Lipinski definition) is 1. The summed E-state index contributed by atoms with van der Waals surface area (Å²) >= 11 is 0. The molecule has 0 saturated carbocycles. The van der Waals surface area contributed by atoms with Crippen LogP contribution in [-0.2, 0) is 0 Å². The van der Waals surface area contributed by atoms with E-state index in [9.17, 15) is 18.0 Å². The van der Waals surface area contributed by atoms with E-state index in [0.717, 1.165) is 0 Å². The van der Waals surface area contributed by atoms with Crippen molar-refractivity contribution in [3.05, 3.63) is 47.7 Å². The summed E-state index contributed by atoms with van der Waals surface area (Å²) in [5.41, 5.74) is 5.90. The van der Waals surface area contributed by atoms with E-state index in [1.165, 1.54) is 24.5 Å². The predicted octanol–water partition coefficient (Wildman–Crippen LogP) is 2.06. The normalized spacial score (nSPS) is 12.7. The Labute approximate surface area is 129 Å². The number of amides is 1. The zero-order valence-corrected chi connectivity index (χ0v) is 12.0. The molecule has 0 spiro atoms. The number of nitrogens with two attached hydrogens (primary N) is 1. The standard InChI is InChI=1S/C14H13F3N4O2/c1-8(13-19-5-4-10(21-13)12(18)22)9-2-3-11(20-6-9)23-7-14(15,16)17/h2-6,8H,7H2,1H3,(H2,18,22). The Kier molecular flexibility index (Phi) is 4.77. The topological polar surface area (TPSA) is 91.0 Å². The molecule has 0 radical (unpaired) electrons. The number of halogens is 3. The van der Waals surface area contributed by atoms with Crippen molar-refractivity contribution in [1.29, 1.82) is 0 Å². The molecule has 23 heavy (non-hydrogen) atoms. The van der Waals surface area contributed by atoms with Crippen LogP contribution in [0.15, 0.2) is 30.6 Å². The highest BCUT2D eigenvalue weighted by Crippen LogP contribution is 2.23. The molecule has 1 unspecified atom stereocenters. The second-order valence-electron chi connectivity index (χ2n) is 4.72. The van der Waals surface area contributed by atoms with Crippen molar-refractivity contribution in [3.8, 4) is 5.88 Å². The number of alkyl halides is 3. The summed E-state index contributed by atoms with van der Waals surface area (Å²) < 4.78 is 40.7. The molecule has 1 atom stereocenters. The van der Waals surface area contributed by atoms with E-state index in [1.807, 2.05) is 0 Å². The maximum Gasteiger partial charge on any atom is 0.422 e. The SMILES string of the molecule is CC(c1ccc(OCC(F)(F)F)nc1)c1nccc(C(N)=O)n1. The van der Waals surface area contributed by atoms with E-state index >= 15 is 0 Å². The molecule has 2 rings (SSSR count). The van der Waals surface area contributed by atoms with Gasteiger partial charge < -0.3 is 10.5 Å². The fraction of sp³-hybridized carbons (Fsp3) is 0.286. The predicted molar refractivity (Wildman–Crippen MR) is 73.9 cm³/mol. The lowest BCUT2D eigenvalue weighted by atomic mass is 10.0. The molecule has 122 valence electrons. The highest BCUT2D eigenvalue weighted by molar-refractivity contribution is 5.90. The van der Waals surface area contributed by atoms with Gasteiger partial charge in [0.15, 0.2) is 6.61 Å². The zero-order valence-electron chi connectivity index (χ0n) is 12.0. The van der Waals surface area contributed by atoms with Crippen LogP contribution in [0.3, 0.4) is 0 Å². The van der Waals surface area contributed by atoms with Gasteiger partial charge in [-0.15, -0.1) is 0 Å². The Morgan fingerprint density at radius 1 is 1.30 bits per heavy atom. The average Bonchev–Trinajstić information content (AvgIpc) is 2.52. The van der Waals surface area contributed by atoms with Crippen LogP contribution in [0.5, 0.6) is 5.88 Å². The summed E-state index contributed by atoms with van der Waals surface area (Å²) in [5.74, 6) is -0.773. The highest BCUT2D eigenvalue weighted by atomic mass is 19.4. The van der Waals surface area contributed by atoms with Crippen LogP contribution in [0.4, 0.5) is 13.2 Å². The number of pyridine rings is 1. The molecule has 0 aromatic carbocycles. The summed E-state index contributed by atoms with van der Waals surface area (Å²) in [6.07, 6.45) is -1.64. The minimum Gasteiger partial charge on any atom is -0.468 e. The maximum atomic E-state index is 12.1. The van der Waals surface area contributed by atoms with Crippen LogP contribution in [0.25, 0.3) is 0 Å². The summed E-state index contributed by atoms with van der Waals surface area (Å²) in [7, 11) is 0. The second kappa shape index (κ2) is 6.59. The van der Waals surface area contributed by atoms with Crippen molar-refractivity contribution in [2.45, 2.75) is 19.0 Å². The molecule has 0 aliphatic carbocycles. The zero-order chi connectivity index (χ0) is 17.0. The van der Waals surface area contributed by atoms with Crippen LogP contribution in [0, 0.1) is 0 Å². The molecule has 0 fully saturated rings. The second-order valence-corrected chi connectivity index (χ2v) is 4.72. The van der Waals surface area contributed by atoms with E-state index in [4.69, 9.17) is 5.73 Å². The van der Waals surface area contributed by atoms with Crippen molar-refractivity contribution in [3.63, 3.8) is 0 Å². The van der Waals surface area contributed by atoms with Gasteiger partial charge in [-0.2, -0.15) is 13.2 Å². The molecule has 9 heteroatoms. The number of ether oxygens (including phenoxy) is 1. The average molecular weight is 326 g/mol. The quantitative estimate of drug-likeness (QED) is 0.908. The van der Waals surface area contributed by atoms with Crippen LogP contribution < -0.4 is 10.5 Å². The molecule has 2 aromatic heterocycles. The molecule has 2 aromatic rings. The molecule has 6 nitrogen and oxygen atoms in total. The van der Waals surface area contributed by atoms with Gasteiger partial charge in [0, 0.05) is 24.4 Å². The van der Waals surface area contributed by atoms with Gasteiger partial charge in [0.1, 0.15) is 11.5 Å². The van der Waals surface area contributed by atoms with Gasteiger partial charge >= 0.3 is 6.18 Å². The third-order valence-electron chi connectivity index (χ3n) is 2.96. The molecular formula is C14H13F3N4O2. The van der Waals surface area contributed by atoms with Crippen molar-refractivity contribution in [2.75, 3.05) is 6.61 Å². The number of carbonyl (C=O) groups is 1. The van der Waals surface area contributed by atoms with Crippen molar-refractivity contribution in [2.24, 2.45) is 5.73 Å². The number of aromatic nitrogens is 3. The first-order valence-electron chi connectivity index (χ1n) is 6.54. The van der Waals surface area contributed by atoms with Crippen LogP contribution in [0.1, 0.15) is 34.7 Å². The Morgan fingerprint density at radius 3 is 2.61 bits per heavy atom. The van der Waals surface area contributed by atoms with Gasteiger partial charge in [0.05, 0.1) is 0 Å². The van der Waals surface area contributed by atoms with E-state index in [0.29, 0.717) is 11.4 Å². The molecule has 0 aliphatic rings. The van der Waals surface area contributed by atoms with Crippen molar-refractivity contribution < 1.29 is 22.7 Å². The molecule has 0 saturated heterocycles. The first-order valence-corrected chi connectivity index (χ1v) is 6.54. The largest absolute Gasteiger partial charge is 0.468 e. The van der Waals surface area contributed by atoms with Crippen molar-refractivity contribution in [1.82, 2.24) is 15.0 Å². The lowest BCUT2D eigenvalue weighted by Crippen LogP contribution is -2.19. The van der Waals surface area contributed by atoms with E-state index in [-0.39, 0.29) is 17.5 Å². The van der Waals surface area contributed by atoms with Crippen LogP contribution in [0.2, 0.25) is 0 Å². The molecule has 0 aliphatic heterocycles. The minimum absolute atomic E-state index is 0.0833. The summed E-state index contributed by atoms with van der Waals surface area (Å²) in [5, 5.41) is 0. The number of rotatable bonds is 5. The minimum atomic E-state index is -4.42. The third-order valence-corrected chi connectivity index (χ3v) is 2.96. The Morgan fingerprint density at radius 2 is 2.04 bits per heavy atom. The molecule has 1 amide bonds. The summed E-state index contributed by atoms with van der Waals surface area (Å²) in [6, 6.07) is 4.28. The lowest BCUT2D eigenvalue weighted by Gasteiger charge is -2.12. The molecule has 2 heterocycles. The van der Waals surface area contributed by atoms with E-state index in [1.54, 1.807) is 13.0 Å². The first-order chi connectivity index (χ1) is 10.8. The van der Waals surface area contributed by atoms with Gasteiger partial charge in [0.2, 0.25) is 5.88 Å². The number of carbonyl (C=O) groups excluding carboxylic acids is 1. The highest BCUT2D eigenvalue weighted by Gasteiger charge is 2.28. The molecule has 2 N–H and O–H groups in total. The monoisotopic (exact) mass is 326 g/mol. The van der Waals surface area contributed by atoms with E-state index in [2.05, 4.69) is 19.7 Å². The smallest absolute Gasteiger partial charge is 0.422 e. The van der Waals surface area contributed by atoms with Crippen LogP contribution >= 0.6 is 0 Å². The van der Waals surface area contributed by atoms with Gasteiger partial charge in [-0.05, 0) is 11.6 Å². The Balaban J connectivity index is 2.12. The number of primary amides is 1. The molecule has 0 bridgehead atoms. The van der Waals surface area contributed by atoms with Gasteiger partial charge in [-0.25, -0.2) is 15.0 Å². The van der Waals surface area contributed by atoms with Gasteiger partial charge in [-0.1, -0.05) is 13.0 Å². The summed E-state index contributed by atoms with van der Waals surface area (Å²) in [6.45, 7) is 0.367. The lowest BCUT2D eigenvalue weighted by molar-refractivity contribution is -0.154. The summed E-state index contributed by atoms with van der Waals surface area (Å²) in [4.78, 5) is 23.0. The fourth-order valence-corrected chi connectivity index (χ4v) is 1.76. The van der Waals surface area contributed by atoms with E-state index < -0.39 is 18.7 Å². The maximum absolute atomic E-state index is 12.1. The number of nitrogens with zero attached hydrogens (tertiary/aromatic N) is 3.